The molecule has 1 rings (SSSR count). The third-order valence-corrected chi connectivity index (χ3v) is 3.10. The summed E-state index contributed by atoms with van der Waals surface area (Å²) >= 11 is 0. The van der Waals surface area contributed by atoms with Crippen LogP contribution in [0.3, 0.4) is 0 Å². The predicted molar refractivity (Wildman–Crippen MR) is 68.9 cm³/mol. The van der Waals surface area contributed by atoms with E-state index in [1.807, 2.05) is 14.1 Å². The SMILES string of the molecule is CC(C)CC(NC1CCOCC1)C(=O)N(C)C. The third kappa shape index (κ3) is 5.04. The van der Waals surface area contributed by atoms with E-state index in [4.69, 9.17) is 4.74 Å². The van der Waals surface area contributed by atoms with E-state index in [9.17, 15) is 4.79 Å². The lowest BCUT2D eigenvalue weighted by Crippen LogP contribution is -2.50. The number of carbonyl (C=O) groups is 1. The Labute approximate surface area is 105 Å². The van der Waals surface area contributed by atoms with Gasteiger partial charge in [0.15, 0.2) is 0 Å². The van der Waals surface area contributed by atoms with Gasteiger partial charge in [-0.15, -0.1) is 0 Å². The number of carbonyl (C=O) groups excluding carboxylic acids is 1. The second-order valence-electron chi connectivity index (χ2n) is 5.47. The topological polar surface area (TPSA) is 41.6 Å². The number of amides is 1. The minimum atomic E-state index is -0.0481. The van der Waals surface area contributed by atoms with Crippen molar-refractivity contribution in [3.8, 4) is 0 Å². The molecular formula is C13H26N2O2. The van der Waals surface area contributed by atoms with Crippen LogP contribution in [0.1, 0.15) is 33.1 Å². The Morgan fingerprint density at radius 3 is 2.41 bits per heavy atom. The Morgan fingerprint density at radius 2 is 1.94 bits per heavy atom. The van der Waals surface area contributed by atoms with Crippen molar-refractivity contribution >= 4 is 5.91 Å². The highest BCUT2D eigenvalue weighted by molar-refractivity contribution is 5.81. The molecule has 1 fully saturated rings. The van der Waals surface area contributed by atoms with E-state index in [2.05, 4.69) is 19.2 Å². The summed E-state index contributed by atoms with van der Waals surface area (Å²) < 4.78 is 5.33. The van der Waals surface area contributed by atoms with Gasteiger partial charge in [0.2, 0.25) is 5.91 Å². The van der Waals surface area contributed by atoms with Crippen LogP contribution in [0.25, 0.3) is 0 Å². The Bertz CT molecular complexity index is 236. The minimum absolute atomic E-state index is 0.0481. The van der Waals surface area contributed by atoms with Gasteiger partial charge in [-0.3, -0.25) is 4.79 Å². The van der Waals surface area contributed by atoms with Gasteiger partial charge < -0.3 is 15.0 Å². The highest BCUT2D eigenvalue weighted by atomic mass is 16.5. The van der Waals surface area contributed by atoms with E-state index in [1.165, 1.54) is 0 Å². The molecule has 4 heteroatoms. The van der Waals surface area contributed by atoms with Gasteiger partial charge in [0.05, 0.1) is 6.04 Å². The zero-order chi connectivity index (χ0) is 12.8. The Hall–Kier alpha value is -0.610. The van der Waals surface area contributed by atoms with Crippen molar-refractivity contribution in [1.82, 2.24) is 10.2 Å². The van der Waals surface area contributed by atoms with Crippen molar-refractivity contribution in [3.63, 3.8) is 0 Å². The first kappa shape index (κ1) is 14.5. The van der Waals surface area contributed by atoms with Crippen molar-refractivity contribution in [2.24, 2.45) is 5.92 Å². The lowest BCUT2D eigenvalue weighted by atomic mass is 10.00. The molecule has 1 aliphatic heterocycles. The summed E-state index contributed by atoms with van der Waals surface area (Å²) in [4.78, 5) is 13.8. The van der Waals surface area contributed by atoms with Crippen LogP contribution in [-0.4, -0.2) is 50.2 Å². The summed E-state index contributed by atoms with van der Waals surface area (Å²) in [7, 11) is 3.64. The maximum Gasteiger partial charge on any atom is 0.239 e. The molecule has 0 saturated carbocycles. The van der Waals surface area contributed by atoms with Crippen LogP contribution in [0.2, 0.25) is 0 Å². The second kappa shape index (κ2) is 6.97. The average Bonchev–Trinajstić information content (AvgIpc) is 2.28. The quantitative estimate of drug-likeness (QED) is 0.789. The first-order chi connectivity index (χ1) is 8.00. The van der Waals surface area contributed by atoms with Crippen molar-refractivity contribution in [2.45, 2.75) is 45.2 Å². The molecule has 1 amide bonds. The van der Waals surface area contributed by atoms with Crippen LogP contribution in [0.5, 0.6) is 0 Å². The van der Waals surface area contributed by atoms with Crippen LogP contribution in [0.15, 0.2) is 0 Å². The van der Waals surface area contributed by atoms with Gasteiger partial charge in [0.1, 0.15) is 0 Å². The van der Waals surface area contributed by atoms with Gasteiger partial charge in [-0.1, -0.05) is 13.8 Å². The molecule has 0 aliphatic carbocycles. The molecule has 0 aromatic heterocycles. The molecule has 1 unspecified atom stereocenters. The summed E-state index contributed by atoms with van der Waals surface area (Å²) in [5, 5.41) is 3.50. The van der Waals surface area contributed by atoms with E-state index in [0.29, 0.717) is 12.0 Å². The molecule has 0 spiro atoms. The molecule has 0 aromatic rings. The van der Waals surface area contributed by atoms with Crippen LogP contribution in [-0.2, 0) is 9.53 Å². The lowest BCUT2D eigenvalue weighted by molar-refractivity contribution is -0.131. The molecule has 4 nitrogen and oxygen atoms in total. The summed E-state index contributed by atoms with van der Waals surface area (Å²) in [5.41, 5.74) is 0. The molecule has 1 saturated heterocycles. The number of ether oxygens (including phenoxy) is 1. The van der Waals surface area contributed by atoms with Gasteiger partial charge >= 0.3 is 0 Å². The third-order valence-electron chi connectivity index (χ3n) is 3.10. The highest BCUT2D eigenvalue weighted by Crippen LogP contribution is 2.12. The maximum atomic E-state index is 12.1. The molecule has 1 N–H and O–H groups in total. The van der Waals surface area contributed by atoms with Crippen molar-refractivity contribution in [1.29, 1.82) is 0 Å². The molecule has 100 valence electrons. The highest BCUT2D eigenvalue weighted by Gasteiger charge is 2.25. The largest absolute Gasteiger partial charge is 0.381 e. The van der Waals surface area contributed by atoms with E-state index in [0.717, 1.165) is 32.5 Å². The van der Waals surface area contributed by atoms with Gasteiger partial charge in [-0.25, -0.2) is 0 Å². The van der Waals surface area contributed by atoms with Crippen LogP contribution in [0, 0.1) is 5.92 Å². The number of hydrogen-bond donors (Lipinski definition) is 1. The van der Waals surface area contributed by atoms with Crippen LogP contribution < -0.4 is 5.32 Å². The Balaban J connectivity index is 2.52. The van der Waals surface area contributed by atoms with Crippen LogP contribution in [0.4, 0.5) is 0 Å². The van der Waals surface area contributed by atoms with Crippen molar-refractivity contribution in [3.05, 3.63) is 0 Å². The molecule has 1 atom stereocenters. The Morgan fingerprint density at radius 1 is 1.35 bits per heavy atom. The van der Waals surface area contributed by atoms with Gasteiger partial charge in [-0.05, 0) is 25.2 Å². The number of nitrogens with zero attached hydrogens (tertiary/aromatic N) is 1. The number of hydrogen-bond acceptors (Lipinski definition) is 3. The van der Waals surface area contributed by atoms with Gasteiger partial charge in [0, 0.05) is 33.4 Å². The minimum Gasteiger partial charge on any atom is -0.381 e. The molecule has 0 bridgehead atoms. The van der Waals surface area contributed by atoms with E-state index in [1.54, 1.807) is 4.90 Å². The van der Waals surface area contributed by atoms with Gasteiger partial charge in [-0.2, -0.15) is 0 Å². The average molecular weight is 242 g/mol. The number of nitrogens with one attached hydrogen (secondary N) is 1. The van der Waals surface area contributed by atoms with Crippen molar-refractivity contribution in [2.75, 3.05) is 27.3 Å². The first-order valence-electron chi connectivity index (χ1n) is 6.55. The van der Waals surface area contributed by atoms with Crippen LogP contribution >= 0.6 is 0 Å². The zero-order valence-electron chi connectivity index (χ0n) is 11.5. The van der Waals surface area contributed by atoms with Gasteiger partial charge in [0.25, 0.3) is 0 Å². The van der Waals surface area contributed by atoms with Crippen molar-refractivity contribution < 1.29 is 9.53 Å². The first-order valence-corrected chi connectivity index (χ1v) is 6.55. The Kier molecular flexibility index (Phi) is 5.92. The van der Waals surface area contributed by atoms with E-state index < -0.39 is 0 Å². The fourth-order valence-corrected chi connectivity index (χ4v) is 2.17. The van der Waals surface area contributed by atoms with E-state index in [-0.39, 0.29) is 11.9 Å². The summed E-state index contributed by atoms with van der Waals surface area (Å²) in [6.07, 6.45) is 2.92. The fourth-order valence-electron chi connectivity index (χ4n) is 2.17. The molecule has 0 radical (unpaired) electrons. The van der Waals surface area contributed by atoms with E-state index >= 15 is 0 Å². The standard InChI is InChI=1S/C13H26N2O2/c1-10(2)9-12(13(16)15(3)4)14-11-5-7-17-8-6-11/h10-12,14H,5-9H2,1-4H3. The zero-order valence-corrected chi connectivity index (χ0v) is 11.5. The smallest absolute Gasteiger partial charge is 0.239 e. The number of likely N-dealkylation sites (N-methyl/N-ethyl adjacent to an activating group) is 1. The molecule has 17 heavy (non-hydrogen) atoms. The summed E-state index contributed by atoms with van der Waals surface area (Å²) in [6, 6.07) is 0.379. The monoisotopic (exact) mass is 242 g/mol. The summed E-state index contributed by atoms with van der Waals surface area (Å²) in [6.45, 7) is 5.92. The molecular weight excluding hydrogens is 216 g/mol. The second-order valence-corrected chi connectivity index (χ2v) is 5.47. The normalized spacial score (nSPS) is 19.4. The predicted octanol–water partition coefficient (Wildman–Crippen LogP) is 1.26. The molecule has 1 heterocycles. The maximum absolute atomic E-state index is 12.1. The molecule has 0 aromatic carbocycles. The molecule has 1 aliphatic rings. The lowest BCUT2D eigenvalue weighted by Gasteiger charge is -2.30. The fraction of sp³-hybridized carbons (Fsp3) is 0.923. The number of rotatable bonds is 5. The summed E-state index contributed by atoms with van der Waals surface area (Å²) in [5.74, 6) is 0.710.